The summed E-state index contributed by atoms with van der Waals surface area (Å²) in [7, 11) is -3.56. The molecular formula is C17H25BrN2O3S. The summed E-state index contributed by atoms with van der Waals surface area (Å²) < 4.78 is 27.8. The average molecular weight is 417 g/mol. The van der Waals surface area contributed by atoms with Gasteiger partial charge in [0, 0.05) is 23.6 Å². The smallest absolute Gasteiger partial charge is 0.243 e. The fraction of sp³-hybridized carbons (Fsp3) is 0.588. The van der Waals surface area contributed by atoms with Crippen LogP contribution in [0, 0.1) is 11.8 Å². The SMILES string of the molecule is CC(C)C(C)NC(=O)C1CCCN(S(=O)(=O)c2ccc(Br)cc2)C1. The van der Waals surface area contributed by atoms with E-state index in [0.29, 0.717) is 18.9 Å². The summed E-state index contributed by atoms with van der Waals surface area (Å²) in [6.07, 6.45) is 1.42. The van der Waals surface area contributed by atoms with Gasteiger partial charge in [-0.3, -0.25) is 4.79 Å². The van der Waals surface area contributed by atoms with Gasteiger partial charge in [-0.25, -0.2) is 8.42 Å². The van der Waals surface area contributed by atoms with Crippen LogP contribution in [0.1, 0.15) is 33.6 Å². The topological polar surface area (TPSA) is 66.5 Å². The first-order chi connectivity index (χ1) is 11.2. The normalized spacial score (nSPS) is 20.8. The number of nitrogens with one attached hydrogen (secondary N) is 1. The lowest BCUT2D eigenvalue weighted by Gasteiger charge is -2.32. The summed E-state index contributed by atoms with van der Waals surface area (Å²) in [5, 5.41) is 3.00. The summed E-state index contributed by atoms with van der Waals surface area (Å²) in [4.78, 5) is 12.7. The fourth-order valence-electron chi connectivity index (χ4n) is 2.64. The predicted octanol–water partition coefficient (Wildman–Crippen LogP) is 3.01. The predicted molar refractivity (Wildman–Crippen MR) is 98.1 cm³/mol. The van der Waals surface area contributed by atoms with Gasteiger partial charge >= 0.3 is 0 Å². The van der Waals surface area contributed by atoms with Gasteiger partial charge in [-0.15, -0.1) is 0 Å². The van der Waals surface area contributed by atoms with E-state index in [4.69, 9.17) is 0 Å². The van der Waals surface area contributed by atoms with E-state index < -0.39 is 10.0 Å². The van der Waals surface area contributed by atoms with Crippen molar-refractivity contribution in [1.29, 1.82) is 0 Å². The van der Waals surface area contributed by atoms with E-state index in [-0.39, 0.29) is 29.3 Å². The highest BCUT2D eigenvalue weighted by molar-refractivity contribution is 9.10. The number of carbonyl (C=O) groups excluding carboxylic acids is 1. The zero-order valence-corrected chi connectivity index (χ0v) is 16.7. The van der Waals surface area contributed by atoms with Gasteiger partial charge in [-0.2, -0.15) is 4.31 Å². The Morgan fingerprint density at radius 3 is 2.46 bits per heavy atom. The second-order valence-electron chi connectivity index (χ2n) is 6.70. The molecule has 1 amide bonds. The molecule has 7 heteroatoms. The van der Waals surface area contributed by atoms with E-state index in [1.165, 1.54) is 4.31 Å². The van der Waals surface area contributed by atoms with E-state index in [1.54, 1.807) is 24.3 Å². The van der Waals surface area contributed by atoms with Crippen molar-refractivity contribution >= 4 is 31.9 Å². The lowest BCUT2D eigenvalue weighted by molar-refractivity contribution is -0.127. The zero-order chi connectivity index (χ0) is 17.9. The maximum atomic E-state index is 12.8. The lowest BCUT2D eigenvalue weighted by atomic mass is 9.97. The number of hydrogen-bond donors (Lipinski definition) is 1. The summed E-state index contributed by atoms with van der Waals surface area (Å²) in [6, 6.07) is 6.68. The molecular weight excluding hydrogens is 392 g/mol. The molecule has 1 saturated heterocycles. The number of halogens is 1. The Morgan fingerprint density at radius 2 is 1.88 bits per heavy atom. The molecule has 0 saturated carbocycles. The van der Waals surface area contributed by atoms with Crippen LogP contribution in [0.25, 0.3) is 0 Å². The van der Waals surface area contributed by atoms with Crippen LogP contribution in [0.5, 0.6) is 0 Å². The summed E-state index contributed by atoms with van der Waals surface area (Å²) >= 11 is 3.31. The molecule has 0 aliphatic carbocycles. The van der Waals surface area contributed by atoms with Gasteiger partial charge < -0.3 is 5.32 Å². The highest BCUT2D eigenvalue weighted by atomic mass is 79.9. The molecule has 2 atom stereocenters. The van der Waals surface area contributed by atoms with Gasteiger partial charge in [0.05, 0.1) is 10.8 Å². The first kappa shape index (κ1) is 19.4. The van der Waals surface area contributed by atoms with Crippen LogP contribution in [-0.2, 0) is 14.8 Å². The number of amides is 1. The van der Waals surface area contributed by atoms with Crippen LogP contribution < -0.4 is 5.32 Å². The van der Waals surface area contributed by atoms with Crippen LogP contribution in [0.3, 0.4) is 0 Å². The molecule has 1 N–H and O–H groups in total. The highest BCUT2D eigenvalue weighted by Crippen LogP contribution is 2.25. The molecule has 2 rings (SSSR count). The second-order valence-corrected chi connectivity index (χ2v) is 9.55. The Balaban J connectivity index is 2.09. The van der Waals surface area contributed by atoms with E-state index in [9.17, 15) is 13.2 Å². The van der Waals surface area contributed by atoms with Gasteiger partial charge in [-0.1, -0.05) is 29.8 Å². The van der Waals surface area contributed by atoms with Crippen molar-refractivity contribution in [2.45, 2.75) is 44.6 Å². The van der Waals surface area contributed by atoms with Gasteiger partial charge in [-0.05, 0) is 49.9 Å². The fourth-order valence-corrected chi connectivity index (χ4v) is 4.43. The molecule has 2 unspecified atom stereocenters. The molecule has 0 aromatic heterocycles. The van der Waals surface area contributed by atoms with Crippen LogP contribution in [0.4, 0.5) is 0 Å². The molecule has 1 aliphatic heterocycles. The van der Waals surface area contributed by atoms with Crippen molar-refractivity contribution < 1.29 is 13.2 Å². The Morgan fingerprint density at radius 1 is 1.25 bits per heavy atom. The minimum Gasteiger partial charge on any atom is -0.353 e. The molecule has 24 heavy (non-hydrogen) atoms. The Kier molecular flexibility index (Phi) is 6.45. The second kappa shape index (κ2) is 7.97. The Labute approximate surface area is 153 Å². The number of piperidine rings is 1. The first-order valence-corrected chi connectivity index (χ1v) is 10.5. The van der Waals surface area contributed by atoms with Gasteiger partial charge in [0.2, 0.25) is 15.9 Å². The molecule has 5 nitrogen and oxygen atoms in total. The van der Waals surface area contributed by atoms with Crippen molar-refractivity contribution in [3.8, 4) is 0 Å². The van der Waals surface area contributed by atoms with Crippen LogP contribution in [0.2, 0.25) is 0 Å². The van der Waals surface area contributed by atoms with E-state index in [0.717, 1.165) is 10.9 Å². The third kappa shape index (κ3) is 4.58. The van der Waals surface area contributed by atoms with Crippen molar-refractivity contribution in [3.63, 3.8) is 0 Å². The van der Waals surface area contributed by atoms with Crippen molar-refractivity contribution in [2.24, 2.45) is 11.8 Å². The number of carbonyl (C=O) groups is 1. The minimum atomic E-state index is -3.56. The molecule has 0 bridgehead atoms. The number of benzene rings is 1. The monoisotopic (exact) mass is 416 g/mol. The molecule has 0 radical (unpaired) electrons. The Hall–Kier alpha value is -0.920. The van der Waals surface area contributed by atoms with Crippen LogP contribution >= 0.6 is 15.9 Å². The quantitative estimate of drug-likeness (QED) is 0.801. The van der Waals surface area contributed by atoms with Crippen LogP contribution in [0.15, 0.2) is 33.6 Å². The summed E-state index contributed by atoms with van der Waals surface area (Å²) in [5.41, 5.74) is 0. The number of nitrogens with zero attached hydrogens (tertiary/aromatic N) is 1. The highest BCUT2D eigenvalue weighted by Gasteiger charge is 2.33. The van der Waals surface area contributed by atoms with Crippen molar-refractivity contribution in [2.75, 3.05) is 13.1 Å². The standard InChI is InChI=1S/C17H25BrN2O3S/c1-12(2)13(3)19-17(21)14-5-4-10-20(11-14)24(22,23)16-8-6-15(18)7-9-16/h6-9,12-14H,4-5,10-11H2,1-3H3,(H,19,21). The molecule has 1 heterocycles. The molecule has 1 fully saturated rings. The van der Waals surface area contributed by atoms with E-state index >= 15 is 0 Å². The molecule has 1 aromatic rings. The van der Waals surface area contributed by atoms with E-state index in [2.05, 4.69) is 35.1 Å². The van der Waals surface area contributed by atoms with Crippen molar-refractivity contribution in [1.82, 2.24) is 9.62 Å². The van der Waals surface area contributed by atoms with Gasteiger partial charge in [0.1, 0.15) is 0 Å². The molecule has 134 valence electrons. The lowest BCUT2D eigenvalue weighted by Crippen LogP contribution is -2.47. The Bertz CT molecular complexity index is 674. The third-order valence-corrected chi connectivity index (χ3v) is 6.98. The average Bonchev–Trinajstić information content (AvgIpc) is 2.55. The van der Waals surface area contributed by atoms with Crippen LogP contribution in [-0.4, -0.2) is 37.8 Å². The third-order valence-electron chi connectivity index (χ3n) is 4.58. The number of hydrogen-bond acceptors (Lipinski definition) is 3. The maximum Gasteiger partial charge on any atom is 0.243 e. The molecule has 0 spiro atoms. The summed E-state index contributed by atoms with van der Waals surface area (Å²) in [5.74, 6) is 0.0113. The van der Waals surface area contributed by atoms with Gasteiger partial charge in [0.25, 0.3) is 0 Å². The van der Waals surface area contributed by atoms with E-state index in [1.807, 2.05) is 6.92 Å². The van der Waals surface area contributed by atoms with Crippen molar-refractivity contribution in [3.05, 3.63) is 28.7 Å². The summed E-state index contributed by atoms with van der Waals surface area (Å²) in [6.45, 7) is 6.78. The number of rotatable bonds is 5. The first-order valence-electron chi connectivity index (χ1n) is 8.28. The zero-order valence-electron chi connectivity index (χ0n) is 14.3. The minimum absolute atomic E-state index is 0.0492. The molecule has 1 aromatic carbocycles. The number of sulfonamides is 1. The largest absolute Gasteiger partial charge is 0.353 e. The van der Waals surface area contributed by atoms with Gasteiger partial charge in [0.15, 0.2) is 0 Å². The molecule has 1 aliphatic rings. The maximum absolute atomic E-state index is 12.8.